The number of hydrogen-bond donors (Lipinski definition) is 1. The van der Waals surface area contributed by atoms with Gasteiger partial charge in [0.15, 0.2) is 11.5 Å². The summed E-state index contributed by atoms with van der Waals surface area (Å²) in [7, 11) is 6.83. The third kappa shape index (κ3) is 4.97. The lowest BCUT2D eigenvalue weighted by Gasteiger charge is -2.34. The quantitative estimate of drug-likeness (QED) is 0.753. The Morgan fingerprint density at radius 2 is 1.60 bits per heavy atom. The Kier molecular flexibility index (Phi) is 7.05. The van der Waals surface area contributed by atoms with Crippen LogP contribution in [0.2, 0.25) is 0 Å². The number of methoxy groups -OCH3 is 3. The van der Waals surface area contributed by atoms with Crippen molar-refractivity contribution in [3.63, 3.8) is 0 Å². The van der Waals surface area contributed by atoms with E-state index in [2.05, 4.69) is 34.3 Å². The van der Waals surface area contributed by atoms with Gasteiger partial charge in [0.05, 0.1) is 27.8 Å². The molecule has 1 saturated heterocycles. The van der Waals surface area contributed by atoms with Crippen LogP contribution < -0.4 is 24.4 Å². The molecule has 1 heterocycles. The van der Waals surface area contributed by atoms with Crippen molar-refractivity contribution in [2.45, 2.75) is 13.3 Å². The number of aryl methyl sites for hydroxylation is 1. The third-order valence-corrected chi connectivity index (χ3v) is 5.44. The summed E-state index contributed by atoms with van der Waals surface area (Å²) in [6.07, 6.45) is 0.205. The second-order valence-electron chi connectivity index (χ2n) is 7.55. The summed E-state index contributed by atoms with van der Waals surface area (Å²) in [6, 6.07) is 9.79. The molecule has 7 heteroatoms. The summed E-state index contributed by atoms with van der Waals surface area (Å²) in [6.45, 7) is 6.18. The maximum absolute atomic E-state index is 12.7. The van der Waals surface area contributed by atoms with Crippen molar-refractivity contribution in [1.29, 1.82) is 0 Å². The Morgan fingerprint density at radius 1 is 0.967 bits per heavy atom. The average Bonchev–Trinajstić information content (AvgIpc) is 2.74. The number of anilines is 2. The van der Waals surface area contributed by atoms with Crippen molar-refractivity contribution in [3.8, 4) is 17.2 Å². The number of likely N-dealkylation sites (N-methyl/N-ethyl adjacent to an activating group) is 1. The Morgan fingerprint density at radius 3 is 2.13 bits per heavy atom. The van der Waals surface area contributed by atoms with Crippen LogP contribution in [0, 0.1) is 6.92 Å². The van der Waals surface area contributed by atoms with Gasteiger partial charge in [-0.1, -0.05) is 0 Å². The second-order valence-corrected chi connectivity index (χ2v) is 7.55. The first-order valence-electron chi connectivity index (χ1n) is 10.1. The first-order chi connectivity index (χ1) is 14.4. The van der Waals surface area contributed by atoms with Crippen molar-refractivity contribution in [2.24, 2.45) is 0 Å². The second kappa shape index (κ2) is 9.71. The molecule has 1 aliphatic rings. The molecule has 0 bridgehead atoms. The van der Waals surface area contributed by atoms with Crippen molar-refractivity contribution in [2.75, 3.05) is 64.8 Å². The molecule has 0 unspecified atom stereocenters. The molecule has 0 atom stereocenters. The summed E-state index contributed by atoms with van der Waals surface area (Å²) in [4.78, 5) is 17.4. The minimum Gasteiger partial charge on any atom is -0.493 e. The van der Waals surface area contributed by atoms with Gasteiger partial charge in [-0.3, -0.25) is 4.79 Å². The monoisotopic (exact) mass is 413 g/mol. The van der Waals surface area contributed by atoms with Crippen LogP contribution in [-0.2, 0) is 11.2 Å². The van der Waals surface area contributed by atoms with Gasteiger partial charge >= 0.3 is 0 Å². The van der Waals surface area contributed by atoms with Crippen LogP contribution in [0.1, 0.15) is 11.1 Å². The summed E-state index contributed by atoms with van der Waals surface area (Å²) in [5, 5.41) is 3.02. The summed E-state index contributed by atoms with van der Waals surface area (Å²) in [5.41, 5.74) is 3.85. The van der Waals surface area contributed by atoms with Gasteiger partial charge in [0.1, 0.15) is 0 Å². The van der Waals surface area contributed by atoms with Crippen LogP contribution >= 0.6 is 0 Å². The third-order valence-electron chi connectivity index (χ3n) is 5.44. The van der Waals surface area contributed by atoms with E-state index in [9.17, 15) is 4.79 Å². The Bertz CT molecular complexity index is 867. The minimum absolute atomic E-state index is 0.0975. The van der Waals surface area contributed by atoms with E-state index in [1.54, 1.807) is 33.5 Å². The van der Waals surface area contributed by atoms with Crippen molar-refractivity contribution >= 4 is 17.3 Å². The SMILES string of the molecule is COc1cc(CC(=O)Nc2ccc(N3CCN(C)CC3)cc2C)cc(OC)c1OC. The van der Waals surface area contributed by atoms with Gasteiger partial charge in [-0.15, -0.1) is 0 Å². The van der Waals surface area contributed by atoms with E-state index in [4.69, 9.17) is 14.2 Å². The number of nitrogens with zero attached hydrogens (tertiary/aromatic N) is 2. The summed E-state index contributed by atoms with van der Waals surface area (Å²) < 4.78 is 16.1. The molecule has 1 N–H and O–H groups in total. The molecule has 2 aromatic rings. The largest absolute Gasteiger partial charge is 0.493 e. The minimum atomic E-state index is -0.0975. The van der Waals surface area contributed by atoms with Gasteiger partial charge in [-0.2, -0.15) is 0 Å². The van der Waals surface area contributed by atoms with E-state index >= 15 is 0 Å². The highest BCUT2D eigenvalue weighted by atomic mass is 16.5. The van der Waals surface area contributed by atoms with Crippen LogP contribution in [0.3, 0.4) is 0 Å². The predicted octanol–water partition coefficient (Wildman–Crippen LogP) is 2.95. The zero-order valence-electron chi connectivity index (χ0n) is 18.4. The molecule has 0 radical (unpaired) electrons. The number of carbonyl (C=O) groups is 1. The molecule has 1 fully saturated rings. The molecule has 0 saturated carbocycles. The number of ether oxygens (including phenoxy) is 3. The normalized spacial score (nSPS) is 14.4. The van der Waals surface area contributed by atoms with Crippen LogP contribution in [0.25, 0.3) is 0 Å². The molecule has 1 amide bonds. The fourth-order valence-electron chi connectivity index (χ4n) is 3.67. The Labute approximate surface area is 178 Å². The number of hydrogen-bond acceptors (Lipinski definition) is 6. The number of rotatable bonds is 7. The Balaban J connectivity index is 1.69. The van der Waals surface area contributed by atoms with Gasteiger partial charge in [-0.25, -0.2) is 0 Å². The number of benzene rings is 2. The van der Waals surface area contributed by atoms with Crippen LogP contribution in [0.4, 0.5) is 11.4 Å². The van der Waals surface area contributed by atoms with Gasteiger partial charge in [-0.05, 0) is 55.4 Å². The lowest BCUT2D eigenvalue weighted by Crippen LogP contribution is -2.44. The molecule has 0 aromatic heterocycles. The highest BCUT2D eigenvalue weighted by Gasteiger charge is 2.17. The van der Waals surface area contributed by atoms with Gasteiger partial charge in [0.2, 0.25) is 11.7 Å². The Hall–Kier alpha value is -2.93. The van der Waals surface area contributed by atoms with Gasteiger partial charge < -0.3 is 29.3 Å². The number of carbonyl (C=O) groups excluding carboxylic acids is 1. The number of piperazine rings is 1. The van der Waals surface area contributed by atoms with E-state index in [1.807, 2.05) is 13.0 Å². The topological polar surface area (TPSA) is 63.3 Å². The van der Waals surface area contributed by atoms with Gasteiger partial charge in [0.25, 0.3) is 0 Å². The van der Waals surface area contributed by atoms with Crippen LogP contribution in [0.15, 0.2) is 30.3 Å². The maximum Gasteiger partial charge on any atom is 0.228 e. The summed E-state index contributed by atoms with van der Waals surface area (Å²) >= 11 is 0. The lowest BCUT2D eigenvalue weighted by molar-refractivity contribution is -0.115. The molecular weight excluding hydrogens is 382 g/mol. The standard InChI is InChI=1S/C23H31N3O4/c1-16-12-18(26-10-8-25(2)9-11-26)6-7-19(16)24-22(27)15-17-13-20(28-3)23(30-5)21(14-17)29-4/h6-7,12-14H,8-11,15H2,1-5H3,(H,24,27). The van der Waals surface area contributed by atoms with E-state index in [0.29, 0.717) is 17.2 Å². The van der Waals surface area contributed by atoms with Crippen molar-refractivity contribution in [3.05, 3.63) is 41.5 Å². The molecule has 30 heavy (non-hydrogen) atoms. The lowest BCUT2D eigenvalue weighted by atomic mass is 10.1. The highest BCUT2D eigenvalue weighted by Crippen LogP contribution is 2.38. The zero-order valence-corrected chi connectivity index (χ0v) is 18.4. The first kappa shape index (κ1) is 21.8. The van der Waals surface area contributed by atoms with E-state index in [1.165, 1.54) is 5.69 Å². The number of nitrogens with one attached hydrogen (secondary N) is 1. The van der Waals surface area contributed by atoms with Gasteiger partial charge in [0, 0.05) is 37.6 Å². The first-order valence-corrected chi connectivity index (χ1v) is 10.1. The zero-order chi connectivity index (χ0) is 21.7. The molecule has 2 aromatic carbocycles. The molecule has 1 aliphatic heterocycles. The predicted molar refractivity (Wildman–Crippen MR) is 119 cm³/mol. The molecule has 162 valence electrons. The fourth-order valence-corrected chi connectivity index (χ4v) is 3.67. The van der Waals surface area contributed by atoms with Crippen molar-refractivity contribution < 1.29 is 19.0 Å². The van der Waals surface area contributed by atoms with Crippen molar-refractivity contribution in [1.82, 2.24) is 4.90 Å². The van der Waals surface area contributed by atoms with E-state index in [0.717, 1.165) is 43.0 Å². The smallest absolute Gasteiger partial charge is 0.228 e. The molecule has 7 nitrogen and oxygen atoms in total. The molecule has 0 spiro atoms. The average molecular weight is 414 g/mol. The molecular formula is C23H31N3O4. The maximum atomic E-state index is 12.7. The fraction of sp³-hybridized carbons (Fsp3) is 0.435. The van der Waals surface area contributed by atoms with E-state index in [-0.39, 0.29) is 12.3 Å². The number of amides is 1. The highest BCUT2D eigenvalue weighted by molar-refractivity contribution is 5.93. The summed E-state index contributed by atoms with van der Waals surface area (Å²) in [5.74, 6) is 1.49. The van der Waals surface area contributed by atoms with Crippen LogP contribution in [-0.4, -0.2) is 65.4 Å². The van der Waals surface area contributed by atoms with Crippen LogP contribution in [0.5, 0.6) is 17.2 Å². The van der Waals surface area contributed by atoms with E-state index < -0.39 is 0 Å². The molecule has 0 aliphatic carbocycles. The molecule has 3 rings (SSSR count).